The molecule has 0 aliphatic rings. The number of ether oxygens (including phenoxy) is 5. The summed E-state index contributed by atoms with van der Waals surface area (Å²) in [7, 11) is 7.65. The molecule has 24 heavy (non-hydrogen) atoms. The van der Waals surface area contributed by atoms with Crippen LogP contribution in [0.3, 0.4) is 0 Å². The quantitative estimate of drug-likeness (QED) is 0.708. The van der Waals surface area contributed by atoms with Crippen molar-refractivity contribution in [3.05, 3.63) is 28.4 Å². The van der Waals surface area contributed by atoms with Gasteiger partial charge in [0.15, 0.2) is 11.5 Å². The topological polar surface area (TPSA) is 71.9 Å². The zero-order valence-electron chi connectivity index (χ0n) is 14.2. The molecule has 0 saturated carbocycles. The molecule has 2 aromatic rings. The Kier molecular flexibility index (Phi) is 5.92. The Balaban J connectivity index is 2.48. The van der Waals surface area contributed by atoms with Crippen molar-refractivity contribution < 1.29 is 23.7 Å². The molecule has 130 valence electrons. The monoisotopic (exact) mass is 354 g/mol. The van der Waals surface area contributed by atoms with Gasteiger partial charge in [0.2, 0.25) is 11.6 Å². The van der Waals surface area contributed by atoms with E-state index in [4.69, 9.17) is 35.3 Å². The highest BCUT2D eigenvalue weighted by molar-refractivity contribution is 6.30. The first-order chi connectivity index (χ1) is 11.6. The summed E-state index contributed by atoms with van der Waals surface area (Å²) >= 11 is 6.25. The van der Waals surface area contributed by atoms with Crippen LogP contribution in [0, 0.1) is 0 Å². The summed E-state index contributed by atoms with van der Waals surface area (Å²) in [5, 5.41) is 0.257. The molecule has 0 bridgehead atoms. The minimum atomic E-state index is 0.144. The summed E-state index contributed by atoms with van der Waals surface area (Å²) in [4.78, 5) is 8.24. The van der Waals surface area contributed by atoms with Crippen LogP contribution in [0.2, 0.25) is 5.15 Å². The second-order valence-electron chi connectivity index (χ2n) is 4.70. The van der Waals surface area contributed by atoms with Crippen LogP contribution in [0.15, 0.2) is 12.1 Å². The number of nitrogens with zero attached hydrogens (tertiary/aromatic N) is 2. The molecule has 1 aromatic heterocycles. The fourth-order valence-corrected chi connectivity index (χ4v) is 2.49. The minimum absolute atomic E-state index is 0.144. The van der Waals surface area contributed by atoms with Gasteiger partial charge in [0.05, 0.1) is 41.1 Å². The van der Waals surface area contributed by atoms with E-state index in [0.29, 0.717) is 35.1 Å². The zero-order chi connectivity index (χ0) is 17.7. The lowest BCUT2D eigenvalue weighted by Gasteiger charge is -2.15. The highest BCUT2D eigenvalue weighted by atomic mass is 35.5. The second-order valence-corrected chi connectivity index (χ2v) is 5.06. The lowest BCUT2D eigenvalue weighted by Crippen LogP contribution is -2.03. The minimum Gasteiger partial charge on any atom is -0.493 e. The molecule has 1 heterocycles. The van der Waals surface area contributed by atoms with Crippen molar-refractivity contribution in [2.75, 3.05) is 35.5 Å². The van der Waals surface area contributed by atoms with E-state index in [9.17, 15) is 0 Å². The molecule has 0 unspecified atom stereocenters. The first-order valence-corrected chi connectivity index (χ1v) is 7.39. The number of hydrogen-bond donors (Lipinski definition) is 0. The molecule has 7 nitrogen and oxygen atoms in total. The first kappa shape index (κ1) is 17.9. The number of hydrogen-bond acceptors (Lipinski definition) is 7. The molecular formula is C16H19ClN2O5. The zero-order valence-corrected chi connectivity index (χ0v) is 14.9. The van der Waals surface area contributed by atoms with E-state index >= 15 is 0 Å². The Morgan fingerprint density at radius 1 is 0.833 bits per heavy atom. The Morgan fingerprint density at radius 3 is 1.92 bits per heavy atom. The van der Waals surface area contributed by atoms with Crippen LogP contribution in [0.1, 0.15) is 11.1 Å². The van der Waals surface area contributed by atoms with E-state index in [0.717, 1.165) is 5.56 Å². The highest BCUT2D eigenvalue weighted by Crippen LogP contribution is 2.39. The van der Waals surface area contributed by atoms with Gasteiger partial charge in [-0.15, -0.1) is 0 Å². The third-order valence-electron chi connectivity index (χ3n) is 3.38. The van der Waals surface area contributed by atoms with E-state index in [1.54, 1.807) is 21.3 Å². The molecule has 2 rings (SSSR count). The Labute approximate surface area is 145 Å². The molecule has 0 radical (unpaired) electrons. The largest absolute Gasteiger partial charge is 0.493 e. The maximum atomic E-state index is 6.25. The predicted molar refractivity (Wildman–Crippen MR) is 89.1 cm³/mol. The van der Waals surface area contributed by atoms with Crippen molar-refractivity contribution in [2.45, 2.75) is 6.42 Å². The summed E-state index contributed by atoms with van der Waals surface area (Å²) in [6, 6.07) is 3.81. The van der Waals surface area contributed by atoms with Gasteiger partial charge in [0, 0.05) is 6.42 Å². The molecule has 0 saturated heterocycles. The lowest BCUT2D eigenvalue weighted by molar-refractivity contribution is 0.324. The van der Waals surface area contributed by atoms with Crippen molar-refractivity contribution in [3.63, 3.8) is 0 Å². The van der Waals surface area contributed by atoms with Gasteiger partial charge >= 0.3 is 6.01 Å². The van der Waals surface area contributed by atoms with Crippen molar-refractivity contribution in [1.29, 1.82) is 0 Å². The van der Waals surface area contributed by atoms with Gasteiger partial charge in [-0.25, -0.2) is 0 Å². The average Bonchev–Trinajstić information content (AvgIpc) is 2.61. The summed E-state index contributed by atoms with van der Waals surface area (Å²) in [5.41, 5.74) is 1.51. The van der Waals surface area contributed by atoms with Crippen molar-refractivity contribution in [1.82, 2.24) is 9.97 Å². The summed E-state index contributed by atoms with van der Waals surface area (Å²) in [6.45, 7) is 0. The number of halogens is 1. The van der Waals surface area contributed by atoms with Crippen LogP contribution in [0.5, 0.6) is 29.1 Å². The van der Waals surface area contributed by atoms with Gasteiger partial charge in [-0.3, -0.25) is 0 Å². The first-order valence-electron chi connectivity index (χ1n) is 7.01. The van der Waals surface area contributed by atoms with Crippen LogP contribution in [-0.4, -0.2) is 45.5 Å². The maximum Gasteiger partial charge on any atom is 0.320 e. The summed E-state index contributed by atoms with van der Waals surface area (Å²) in [5.74, 6) is 1.97. The molecule has 1 aromatic carbocycles. The van der Waals surface area contributed by atoms with Gasteiger partial charge < -0.3 is 23.7 Å². The lowest BCUT2D eigenvalue weighted by atomic mass is 10.1. The van der Waals surface area contributed by atoms with Gasteiger partial charge in [0.25, 0.3) is 0 Å². The van der Waals surface area contributed by atoms with Crippen molar-refractivity contribution >= 4 is 11.6 Å². The fraction of sp³-hybridized carbons (Fsp3) is 0.375. The Morgan fingerprint density at radius 2 is 1.46 bits per heavy atom. The molecule has 0 amide bonds. The molecular weight excluding hydrogens is 336 g/mol. The maximum absolute atomic E-state index is 6.25. The number of methoxy groups -OCH3 is 5. The van der Waals surface area contributed by atoms with Crippen molar-refractivity contribution in [2.24, 2.45) is 0 Å². The van der Waals surface area contributed by atoms with Crippen LogP contribution in [0.25, 0.3) is 0 Å². The summed E-state index contributed by atoms with van der Waals surface area (Å²) in [6.07, 6.45) is 0.419. The van der Waals surface area contributed by atoms with E-state index in [-0.39, 0.29) is 11.2 Å². The SMILES string of the molecule is COc1nc(Cl)c(Cc2cc(OC)c(OC)c(OC)c2)c(OC)n1. The Hall–Kier alpha value is -2.41. The molecule has 8 heteroatoms. The third kappa shape index (κ3) is 3.56. The Bertz CT molecular complexity index is 699. The van der Waals surface area contributed by atoms with Gasteiger partial charge in [-0.2, -0.15) is 9.97 Å². The fourth-order valence-electron chi connectivity index (χ4n) is 2.27. The molecule has 0 aliphatic heterocycles. The number of aromatic nitrogens is 2. The van der Waals surface area contributed by atoms with Crippen molar-refractivity contribution in [3.8, 4) is 29.1 Å². The van der Waals surface area contributed by atoms with Gasteiger partial charge in [-0.05, 0) is 17.7 Å². The van der Waals surface area contributed by atoms with E-state index in [1.807, 2.05) is 12.1 Å². The molecule has 0 spiro atoms. The van der Waals surface area contributed by atoms with Gasteiger partial charge in [0.1, 0.15) is 5.15 Å². The molecule has 0 aliphatic carbocycles. The predicted octanol–water partition coefficient (Wildman–Crippen LogP) is 2.76. The number of rotatable bonds is 7. The highest BCUT2D eigenvalue weighted by Gasteiger charge is 2.18. The van der Waals surface area contributed by atoms with Crippen LogP contribution >= 0.6 is 11.6 Å². The standard InChI is InChI=1S/C16H19ClN2O5/c1-20-11-7-9(8-12(21-2)13(11)22-3)6-10-14(17)18-16(24-5)19-15(10)23-4/h7-8H,6H2,1-5H3. The van der Waals surface area contributed by atoms with Crippen LogP contribution in [-0.2, 0) is 6.42 Å². The third-order valence-corrected chi connectivity index (χ3v) is 3.69. The van der Waals surface area contributed by atoms with Crippen LogP contribution < -0.4 is 23.7 Å². The normalized spacial score (nSPS) is 10.2. The second kappa shape index (κ2) is 7.92. The van der Waals surface area contributed by atoms with Crippen LogP contribution in [0.4, 0.5) is 0 Å². The summed E-state index contributed by atoms with van der Waals surface area (Å²) < 4.78 is 26.3. The smallest absolute Gasteiger partial charge is 0.320 e. The molecule has 0 atom stereocenters. The number of benzene rings is 1. The van der Waals surface area contributed by atoms with E-state index < -0.39 is 0 Å². The van der Waals surface area contributed by atoms with E-state index in [1.165, 1.54) is 14.2 Å². The van der Waals surface area contributed by atoms with E-state index in [2.05, 4.69) is 9.97 Å². The molecule has 0 N–H and O–H groups in total. The molecule has 0 fully saturated rings. The average molecular weight is 355 g/mol. The van der Waals surface area contributed by atoms with Gasteiger partial charge in [-0.1, -0.05) is 11.6 Å².